The van der Waals surface area contributed by atoms with Crippen LogP contribution in [-0.2, 0) is 6.54 Å². The lowest BCUT2D eigenvalue weighted by molar-refractivity contribution is 0.0784. The lowest BCUT2D eigenvalue weighted by Crippen LogP contribution is -2.26. The van der Waals surface area contributed by atoms with Crippen LogP contribution in [0.4, 0.5) is 0 Å². The molecule has 0 saturated heterocycles. The highest BCUT2D eigenvalue weighted by Crippen LogP contribution is 2.23. The Hall–Kier alpha value is -1.13. The monoisotopic (exact) mass is 395 g/mol. The van der Waals surface area contributed by atoms with Crippen molar-refractivity contribution in [3.05, 3.63) is 68.1 Å². The predicted octanol–water partition coefficient (Wildman–Crippen LogP) is 4.79. The van der Waals surface area contributed by atoms with Gasteiger partial charge < -0.3 is 4.90 Å². The minimum atomic E-state index is 0.0144. The van der Waals surface area contributed by atoms with Crippen molar-refractivity contribution in [2.45, 2.75) is 13.5 Å². The maximum Gasteiger partial charge on any atom is 0.255 e. The summed E-state index contributed by atoms with van der Waals surface area (Å²) in [4.78, 5) is 14.2. The minimum absolute atomic E-state index is 0.0144. The number of carbonyl (C=O) groups is 1. The van der Waals surface area contributed by atoms with E-state index in [1.165, 1.54) is 0 Å². The van der Waals surface area contributed by atoms with Crippen molar-refractivity contribution in [2.24, 2.45) is 0 Å². The van der Waals surface area contributed by atoms with Crippen molar-refractivity contribution in [2.75, 3.05) is 7.05 Å². The maximum atomic E-state index is 12.5. The van der Waals surface area contributed by atoms with Gasteiger partial charge in [0.1, 0.15) is 0 Å². The van der Waals surface area contributed by atoms with Crippen LogP contribution < -0.4 is 0 Å². The van der Waals surface area contributed by atoms with E-state index in [-0.39, 0.29) is 5.91 Å². The Morgan fingerprint density at radius 2 is 1.85 bits per heavy atom. The van der Waals surface area contributed by atoms with Gasteiger partial charge in [0, 0.05) is 22.5 Å². The van der Waals surface area contributed by atoms with Crippen molar-refractivity contribution in [3.63, 3.8) is 0 Å². The van der Waals surface area contributed by atoms with Crippen LogP contribution in [-0.4, -0.2) is 17.9 Å². The van der Waals surface area contributed by atoms with E-state index in [0.29, 0.717) is 12.1 Å². The van der Waals surface area contributed by atoms with E-state index in [1.54, 1.807) is 4.90 Å². The third-order valence-electron chi connectivity index (χ3n) is 3.08. The second kappa shape index (κ2) is 6.55. The highest BCUT2D eigenvalue weighted by Gasteiger charge is 2.15. The maximum absolute atomic E-state index is 12.5. The number of aryl methyl sites for hydroxylation is 1. The largest absolute Gasteiger partial charge is 0.337 e. The van der Waals surface area contributed by atoms with E-state index < -0.39 is 0 Å². The van der Waals surface area contributed by atoms with Gasteiger partial charge in [0.2, 0.25) is 0 Å². The topological polar surface area (TPSA) is 20.3 Å². The predicted molar refractivity (Wildman–Crippen MR) is 88.8 cm³/mol. The number of carbonyl (C=O) groups excluding carboxylic acids is 1. The first-order valence-corrected chi connectivity index (χ1v) is 7.82. The molecule has 0 saturated carbocycles. The molecule has 2 nitrogen and oxygen atoms in total. The van der Waals surface area contributed by atoms with Gasteiger partial charge in [0.25, 0.3) is 5.91 Å². The second-order valence-corrected chi connectivity index (χ2v) is 6.44. The zero-order valence-electron chi connectivity index (χ0n) is 11.4. The molecule has 0 aliphatic rings. The van der Waals surface area contributed by atoms with E-state index >= 15 is 0 Å². The molecule has 4 heteroatoms. The van der Waals surface area contributed by atoms with E-state index in [4.69, 9.17) is 0 Å². The number of rotatable bonds is 3. The molecule has 104 valence electrons. The quantitative estimate of drug-likeness (QED) is 0.730. The molecular formula is C16H15Br2NO. The number of amides is 1. The lowest BCUT2D eigenvalue weighted by Gasteiger charge is -2.18. The fourth-order valence-corrected chi connectivity index (χ4v) is 2.88. The summed E-state index contributed by atoms with van der Waals surface area (Å²) in [6, 6.07) is 13.7. The first-order chi connectivity index (χ1) is 9.49. The number of benzene rings is 2. The summed E-state index contributed by atoms with van der Waals surface area (Å²) in [5.41, 5.74) is 2.85. The standard InChI is InChI=1S/C16H15Br2NO/c1-11-5-3-8-14(15(11)18)16(20)19(2)10-12-6-4-7-13(17)9-12/h3-9H,10H2,1-2H3. The van der Waals surface area contributed by atoms with Crippen LogP contribution in [0.1, 0.15) is 21.5 Å². The van der Waals surface area contributed by atoms with E-state index in [1.807, 2.05) is 56.4 Å². The number of hydrogen-bond donors (Lipinski definition) is 0. The van der Waals surface area contributed by atoms with Crippen LogP contribution in [0.5, 0.6) is 0 Å². The summed E-state index contributed by atoms with van der Waals surface area (Å²) >= 11 is 6.94. The molecule has 1 amide bonds. The average Bonchev–Trinajstić information content (AvgIpc) is 2.41. The minimum Gasteiger partial charge on any atom is -0.337 e. The molecule has 0 atom stereocenters. The highest BCUT2D eigenvalue weighted by molar-refractivity contribution is 9.10. The molecule has 0 bridgehead atoms. The molecule has 0 aliphatic heterocycles. The Morgan fingerprint density at radius 1 is 1.15 bits per heavy atom. The molecule has 0 radical (unpaired) electrons. The molecule has 0 unspecified atom stereocenters. The molecular weight excluding hydrogens is 382 g/mol. The Kier molecular flexibility index (Phi) is 5.00. The van der Waals surface area contributed by atoms with Gasteiger partial charge in [0.15, 0.2) is 0 Å². The molecule has 0 aromatic heterocycles. The van der Waals surface area contributed by atoms with Crippen molar-refractivity contribution in [3.8, 4) is 0 Å². The molecule has 20 heavy (non-hydrogen) atoms. The summed E-state index contributed by atoms with van der Waals surface area (Å²) < 4.78 is 1.89. The van der Waals surface area contributed by atoms with Gasteiger partial charge >= 0.3 is 0 Å². The van der Waals surface area contributed by atoms with Crippen LogP contribution in [0, 0.1) is 6.92 Å². The molecule has 2 aromatic carbocycles. The lowest BCUT2D eigenvalue weighted by atomic mass is 10.1. The molecule has 2 aromatic rings. The van der Waals surface area contributed by atoms with Crippen molar-refractivity contribution in [1.29, 1.82) is 0 Å². The molecule has 0 N–H and O–H groups in total. The van der Waals surface area contributed by atoms with Crippen molar-refractivity contribution in [1.82, 2.24) is 4.90 Å². The van der Waals surface area contributed by atoms with Crippen LogP contribution in [0.2, 0.25) is 0 Å². The van der Waals surface area contributed by atoms with Gasteiger partial charge in [-0.1, -0.05) is 40.2 Å². The SMILES string of the molecule is Cc1cccc(C(=O)N(C)Cc2cccc(Br)c2)c1Br. The summed E-state index contributed by atoms with van der Waals surface area (Å²) in [6.07, 6.45) is 0. The normalized spacial score (nSPS) is 10.4. The first-order valence-electron chi connectivity index (χ1n) is 6.24. The molecule has 2 rings (SSSR count). The van der Waals surface area contributed by atoms with Crippen molar-refractivity contribution < 1.29 is 4.79 Å². The van der Waals surface area contributed by atoms with Gasteiger partial charge in [0.05, 0.1) is 5.56 Å². The molecule has 0 spiro atoms. The van der Waals surface area contributed by atoms with Gasteiger partial charge in [-0.3, -0.25) is 4.79 Å². The Balaban J connectivity index is 2.19. The van der Waals surface area contributed by atoms with Crippen molar-refractivity contribution >= 4 is 37.8 Å². The van der Waals surface area contributed by atoms with E-state index in [0.717, 1.165) is 20.1 Å². The number of halogens is 2. The second-order valence-electron chi connectivity index (χ2n) is 4.73. The third kappa shape index (κ3) is 3.49. The Morgan fingerprint density at radius 3 is 2.55 bits per heavy atom. The third-order valence-corrected chi connectivity index (χ3v) is 4.62. The number of hydrogen-bond acceptors (Lipinski definition) is 1. The number of nitrogens with zero attached hydrogens (tertiary/aromatic N) is 1. The first kappa shape index (κ1) is 15.3. The zero-order valence-corrected chi connectivity index (χ0v) is 14.5. The summed E-state index contributed by atoms with van der Waals surface area (Å²) in [5, 5.41) is 0. The zero-order chi connectivity index (χ0) is 14.7. The summed E-state index contributed by atoms with van der Waals surface area (Å²) in [7, 11) is 1.82. The van der Waals surface area contributed by atoms with Crippen LogP contribution >= 0.6 is 31.9 Å². The Bertz CT molecular complexity index is 640. The van der Waals surface area contributed by atoms with E-state index in [2.05, 4.69) is 31.9 Å². The average molecular weight is 397 g/mol. The summed E-state index contributed by atoms with van der Waals surface area (Å²) in [5.74, 6) is 0.0144. The Labute approximate surface area is 136 Å². The van der Waals surface area contributed by atoms with Gasteiger partial charge in [-0.15, -0.1) is 0 Å². The van der Waals surface area contributed by atoms with Crippen LogP contribution in [0.25, 0.3) is 0 Å². The van der Waals surface area contributed by atoms with Gasteiger partial charge in [-0.2, -0.15) is 0 Å². The molecule has 0 heterocycles. The highest BCUT2D eigenvalue weighted by atomic mass is 79.9. The van der Waals surface area contributed by atoms with Crippen LogP contribution in [0.3, 0.4) is 0 Å². The molecule has 0 fully saturated rings. The fraction of sp³-hybridized carbons (Fsp3) is 0.188. The fourth-order valence-electron chi connectivity index (χ4n) is 2.00. The smallest absolute Gasteiger partial charge is 0.255 e. The summed E-state index contributed by atoms with van der Waals surface area (Å²) in [6.45, 7) is 2.56. The van der Waals surface area contributed by atoms with Gasteiger partial charge in [-0.25, -0.2) is 0 Å². The molecule has 0 aliphatic carbocycles. The van der Waals surface area contributed by atoms with Crippen LogP contribution in [0.15, 0.2) is 51.4 Å². The van der Waals surface area contributed by atoms with Gasteiger partial charge in [-0.05, 0) is 52.2 Å². The van der Waals surface area contributed by atoms with E-state index in [9.17, 15) is 4.79 Å².